The lowest BCUT2D eigenvalue weighted by atomic mass is 9.76. The molecular formula is C30H27NO. The number of rotatable bonds is 8. The maximum Gasteiger partial charge on any atom is 0.176 e. The lowest BCUT2D eigenvalue weighted by Gasteiger charge is -2.40. The standard InChI is InChI=1S/C30H27NO/c1-2-15-28(32)29(24-16-7-3-8-17-24)31-30(25-18-9-4-10-19-25,26-20-11-5-12-21-26)27-22-13-6-14-23-27/h2-23,29,31H,1H3. The summed E-state index contributed by atoms with van der Waals surface area (Å²) < 4.78 is 0. The Morgan fingerprint density at radius 1 is 0.656 bits per heavy atom. The van der Waals surface area contributed by atoms with Gasteiger partial charge in [0.05, 0.1) is 11.6 Å². The van der Waals surface area contributed by atoms with Crippen LogP contribution < -0.4 is 5.32 Å². The van der Waals surface area contributed by atoms with Gasteiger partial charge < -0.3 is 0 Å². The first kappa shape index (κ1) is 21.5. The topological polar surface area (TPSA) is 29.1 Å². The molecule has 0 fully saturated rings. The summed E-state index contributed by atoms with van der Waals surface area (Å²) >= 11 is 0. The van der Waals surface area contributed by atoms with E-state index in [0.717, 1.165) is 22.3 Å². The van der Waals surface area contributed by atoms with Gasteiger partial charge in [0.25, 0.3) is 0 Å². The fourth-order valence-corrected chi connectivity index (χ4v) is 4.26. The third-order valence-corrected chi connectivity index (χ3v) is 5.73. The highest BCUT2D eigenvalue weighted by Gasteiger charge is 2.39. The first-order valence-corrected chi connectivity index (χ1v) is 10.9. The van der Waals surface area contributed by atoms with Crippen LogP contribution in [0.15, 0.2) is 133 Å². The molecule has 0 spiro atoms. The van der Waals surface area contributed by atoms with Crippen molar-refractivity contribution >= 4 is 5.78 Å². The largest absolute Gasteiger partial charge is 0.293 e. The molecule has 1 unspecified atom stereocenters. The number of benzene rings is 4. The maximum atomic E-state index is 13.4. The number of allylic oxidation sites excluding steroid dienone is 1. The zero-order valence-electron chi connectivity index (χ0n) is 18.2. The van der Waals surface area contributed by atoms with E-state index in [1.807, 2.05) is 91.9 Å². The van der Waals surface area contributed by atoms with Gasteiger partial charge in [0.15, 0.2) is 5.78 Å². The number of carbonyl (C=O) groups is 1. The summed E-state index contributed by atoms with van der Waals surface area (Å²) in [5.41, 5.74) is 3.44. The van der Waals surface area contributed by atoms with E-state index in [2.05, 4.69) is 41.7 Å². The molecule has 0 aliphatic carbocycles. The average Bonchev–Trinajstić information content (AvgIpc) is 2.87. The molecule has 0 saturated heterocycles. The van der Waals surface area contributed by atoms with E-state index >= 15 is 0 Å². The van der Waals surface area contributed by atoms with Crippen LogP contribution >= 0.6 is 0 Å². The number of carbonyl (C=O) groups excluding carboxylic acids is 1. The van der Waals surface area contributed by atoms with Gasteiger partial charge in [0.2, 0.25) is 0 Å². The summed E-state index contributed by atoms with van der Waals surface area (Å²) in [7, 11) is 0. The van der Waals surface area contributed by atoms with Gasteiger partial charge in [-0.1, -0.05) is 127 Å². The molecule has 0 saturated carbocycles. The molecule has 0 heterocycles. The first-order valence-electron chi connectivity index (χ1n) is 10.9. The van der Waals surface area contributed by atoms with Crippen molar-refractivity contribution in [3.8, 4) is 0 Å². The predicted octanol–water partition coefficient (Wildman–Crippen LogP) is 6.45. The van der Waals surface area contributed by atoms with Gasteiger partial charge in [0, 0.05) is 0 Å². The van der Waals surface area contributed by atoms with E-state index in [4.69, 9.17) is 0 Å². The summed E-state index contributed by atoms with van der Waals surface area (Å²) in [5.74, 6) is 0.0193. The van der Waals surface area contributed by atoms with E-state index in [9.17, 15) is 4.79 Å². The van der Waals surface area contributed by atoms with Gasteiger partial charge >= 0.3 is 0 Å². The molecule has 0 bridgehead atoms. The van der Waals surface area contributed by atoms with Gasteiger partial charge in [-0.2, -0.15) is 0 Å². The molecule has 0 aliphatic heterocycles. The quantitative estimate of drug-likeness (QED) is 0.263. The monoisotopic (exact) mass is 417 g/mol. The van der Waals surface area contributed by atoms with Crippen LogP contribution in [0.5, 0.6) is 0 Å². The third-order valence-electron chi connectivity index (χ3n) is 5.73. The predicted molar refractivity (Wildman–Crippen MR) is 131 cm³/mol. The zero-order valence-corrected chi connectivity index (χ0v) is 18.2. The van der Waals surface area contributed by atoms with E-state index in [1.54, 1.807) is 12.2 Å². The highest BCUT2D eigenvalue weighted by atomic mass is 16.1. The van der Waals surface area contributed by atoms with Crippen molar-refractivity contribution < 1.29 is 4.79 Å². The minimum Gasteiger partial charge on any atom is -0.293 e. The van der Waals surface area contributed by atoms with Crippen molar-refractivity contribution in [2.24, 2.45) is 0 Å². The molecule has 32 heavy (non-hydrogen) atoms. The summed E-state index contributed by atoms with van der Waals surface area (Å²) in [6.07, 6.45) is 3.45. The highest BCUT2D eigenvalue weighted by Crippen LogP contribution is 2.39. The highest BCUT2D eigenvalue weighted by molar-refractivity contribution is 5.95. The average molecular weight is 418 g/mol. The molecule has 4 rings (SSSR count). The smallest absolute Gasteiger partial charge is 0.176 e. The van der Waals surface area contributed by atoms with Crippen molar-refractivity contribution in [3.05, 3.63) is 156 Å². The Balaban J connectivity index is 1.99. The molecular weight excluding hydrogens is 390 g/mol. The summed E-state index contributed by atoms with van der Waals surface area (Å²) in [6, 6.07) is 40.5. The zero-order chi connectivity index (χ0) is 22.2. The summed E-state index contributed by atoms with van der Waals surface area (Å²) in [5, 5.41) is 3.82. The first-order chi connectivity index (χ1) is 15.8. The minimum atomic E-state index is -0.721. The van der Waals surface area contributed by atoms with E-state index in [1.165, 1.54) is 0 Å². The minimum absolute atomic E-state index is 0.0193. The molecule has 0 radical (unpaired) electrons. The van der Waals surface area contributed by atoms with Crippen LogP contribution in [0.2, 0.25) is 0 Å². The van der Waals surface area contributed by atoms with Crippen LogP contribution in [0.4, 0.5) is 0 Å². The molecule has 158 valence electrons. The van der Waals surface area contributed by atoms with E-state index in [0.29, 0.717) is 0 Å². The van der Waals surface area contributed by atoms with Gasteiger partial charge in [-0.05, 0) is 35.3 Å². The lowest BCUT2D eigenvalue weighted by Crippen LogP contribution is -2.48. The Bertz CT molecular complexity index is 1060. The Morgan fingerprint density at radius 3 is 1.41 bits per heavy atom. The van der Waals surface area contributed by atoms with Crippen LogP contribution in [0, 0.1) is 0 Å². The van der Waals surface area contributed by atoms with Gasteiger partial charge in [-0.15, -0.1) is 0 Å². The number of nitrogens with one attached hydrogen (secondary N) is 1. The maximum absolute atomic E-state index is 13.4. The number of hydrogen-bond acceptors (Lipinski definition) is 2. The molecule has 4 aromatic rings. The van der Waals surface area contributed by atoms with Crippen LogP contribution in [0.1, 0.15) is 35.2 Å². The molecule has 2 heteroatoms. The molecule has 0 aliphatic rings. The second-order valence-electron chi connectivity index (χ2n) is 7.74. The lowest BCUT2D eigenvalue weighted by molar-refractivity contribution is -0.117. The van der Waals surface area contributed by atoms with Crippen molar-refractivity contribution in [1.82, 2.24) is 5.32 Å². The molecule has 1 N–H and O–H groups in total. The van der Waals surface area contributed by atoms with E-state index in [-0.39, 0.29) is 5.78 Å². The molecule has 0 amide bonds. The number of hydrogen-bond donors (Lipinski definition) is 1. The Hall–Kier alpha value is -3.75. The normalized spacial score (nSPS) is 12.5. The second kappa shape index (κ2) is 10.0. The van der Waals surface area contributed by atoms with Crippen LogP contribution in [0.3, 0.4) is 0 Å². The fraction of sp³-hybridized carbons (Fsp3) is 0.100. The van der Waals surface area contributed by atoms with Crippen molar-refractivity contribution in [2.45, 2.75) is 18.5 Å². The molecule has 0 aromatic heterocycles. The van der Waals surface area contributed by atoms with Crippen molar-refractivity contribution in [1.29, 1.82) is 0 Å². The Morgan fingerprint density at radius 2 is 1.03 bits per heavy atom. The SMILES string of the molecule is CC=CC(=O)C(NC(c1ccccc1)(c1ccccc1)c1ccccc1)c1ccccc1. The van der Waals surface area contributed by atoms with Crippen LogP contribution in [-0.4, -0.2) is 5.78 Å². The molecule has 4 aromatic carbocycles. The summed E-state index contributed by atoms with van der Waals surface area (Å²) in [6.45, 7) is 1.87. The second-order valence-corrected chi connectivity index (χ2v) is 7.74. The third kappa shape index (κ3) is 4.32. The molecule has 1 atom stereocenters. The van der Waals surface area contributed by atoms with Gasteiger partial charge in [0.1, 0.15) is 0 Å². The van der Waals surface area contributed by atoms with Crippen LogP contribution in [-0.2, 0) is 10.3 Å². The van der Waals surface area contributed by atoms with Gasteiger partial charge in [-0.25, -0.2) is 0 Å². The van der Waals surface area contributed by atoms with Crippen molar-refractivity contribution in [2.75, 3.05) is 0 Å². The van der Waals surface area contributed by atoms with Gasteiger partial charge in [-0.3, -0.25) is 10.1 Å². The van der Waals surface area contributed by atoms with E-state index < -0.39 is 11.6 Å². The Kier molecular flexibility index (Phi) is 6.74. The Labute approximate surface area is 190 Å². The number of ketones is 1. The van der Waals surface area contributed by atoms with Crippen molar-refractivity contribution in [3.63, 3.8) is 0 Å². The summed E-state index contributed by atoms with van der Waals surface area (Å²) in [4.78, 5) is 13.4. The fourth-order valence-electron chi connectivity index (χ4n) is 4.26. The van der Waals surface area contributed by atoms with Crippen LogP contribution in [0.25, 0.3) is 0 Å². The molecule has 2 nitrogen and oxygen atoms in total.